The summed E-state index contributed by atoms with van der Waals surface area (Å²) in [4.78, 5) is 25.6. The average Bonchev–Trinajstić information content (AvgIpc) is 3.35. The first-order chi connectivity index (χ1) is 16.3. The normalized spacial score (nSPS) is 10.9. The van der Waals surface area contributed by atoms with Crippen LogP contribution < -0.4 is 10.1 Å². The van der Waals surface area contributed by atoms with Crippen LogP contribution in [-0.4, -0.2) is 41.0 Å². The molecule has 0 saturated heterocycles. The predicted octanol–water partition coefficient (Wildman–Crippen LogP) is 5.97. The molecule has 3 aromatic rings. The Kier molecular flexibility index (Phi) is 9.63. The van der Waals surface area contributed by atoms with Crippen molar-refractivity contribution in [3.63, 3.8) is 0 Å². The number of benzene rings is 1. The van der Waals surface area contributed by atoms with E-state index in [-0.39, 0.29) is 23.5 Å². The summed E-state index contributed by atoms with van der Waals surface area (Å²) in [7, 11) is 0. The van der Waals surface area contributed by atoms with Crippen molar-refractivity contribution >= 4 is 63.2 Å². The zero-order valence-corrected chi connectivity index (χ0v) is 21.9. The van der Waals surface area contributed by atoms with Gasteiger partial charge in [0.05, 0.1) is 29.6 Å². The molecule has 12 heteroatoms. The number of esters is 1. The zero-order valence-electron chi connectivity index (χ0n) is 18.8. The number of aromatic nitrogens is 2. The molecule has 0 atom stereocenters. The van der Waals surface area contributed by atoms with Gasteiger partial charge in [0.1, 0.15) is 10.8 Å². The van der Waals surface area contributed by atoms with Crippen molar-refractivity contribution in [2.24, 2.45) is 0 Å². The van der Waals surface area contributed by atoms with Crippen LogP contribution in [-0.2, 0) is 16.0 Å². The van der Waals surface area contributed by atoms with Gasteiger partial charge in [-0.1, -0.05) is 35.0 Å². The van der Waals surface area contributed by atoms with Crippen LogP contribution in [0.5, 0.6) is 5.75 Å². The van der Waals surface area contributed by atoms with Crippen LogP contribution in [0.2, 0.25) is 10.0 Å². The summed E-state index contributed by atoms with van der Waals surface area (Å²) in [6, 6.07) is 5.04. The van der Waals surface area contributed by atoms with Crippen LogP contribution in [0.25, 0.3) is 0 Å². The lowest BCUT2D eigenvalue weighted by molar-refractivity contribution is -0.113. The third-order valence-corrected chi connectivity index (χ3v) is 7.05. The molecule has 0 bridgehead atoms. The van der Waals surface area contributed by atoms with Crippen molar-refractivity contribution in [1.29, 1.82) is 0 Å². The topological polar surface area (TPSA) is 104 Å². The third kappa shape index (κ3) is 7.11. The van der Waals surface area contributed by atoms with E-state index < -0.39 is 5.97 Å². The van der Waals surface area contributed by atoms with Crippen LogP contribution in [0.3, 0.4) is 0 Å². The van der Waals surface area contributed by atoms with E-state index in [0.29, 0.717) is 51.7 Å². The van der Waals surface area contributed by atoms with Gasteiger partial charge < -0.3 is 19.2 Å². The number of amides is 1. The minimum Gasteiger partial charge on any atom is -0.492 e. The Bertz CT molecular complexity index is 1170. The molecule has 2 aromatic heterocycles. The highest BCUT2D eigenvalue weighted by Gasteiger charge is 2.22. The maximum absolute atomic E-state index is 12.4. The molecule has 1 N–H and O–H groups in total. The van der Waals surface area contributed by atoms with Crippen molar-refractivity contribution in [3.05, 3.63) is 50.1 Å². The molecule has 1 amide bonds. The van der Waals surface area contributed by atoms with Crippen LogP contribution >= 0.6 is 46.3 Å². The number of halogens is 2. The number of thiophene rings is 1. The molecule has 0 fully saturated rings. The molecule has 0 saturated carbocycles. The largest absolute Gasteiger partial charge is 0.492 e. The van der Waals surface area contributed by atoms with Gasteiger partial charge in [-0.3, -0.25) is 4.79 Å². The molecule has 8 nitrogen and oxygen atoms in total. The first kappa shape index (κ1) is 26.3. The minimum absolute atomic E-state index is 0.0536. The number of hydrogen-bond acceptors (Lipinski definition) is 9. The van der Waals surface area contributed by atoms with Crippen molar-refractivity contribution in [1.82, 2.24) is 10.2 Å². The van der Waals surface area contributed by atoms with Crippen LogP contribution in [0.1, 0.15) is 40.0 Å². The average molecular weight is 544 g/mol. The SMILES string of the molecule is CCOC(=O)c1c(NC(=O)CSc2nnc(CCCOc3ccc(Cl)cc3Cl)o2)sc(C)c1C. The summed E-state index contributed by atoms with van der Waals surface area (Å²) >= 11 is 14.4. The molecule has 34 heavy (non-hydrogen) atoms. The summed E-state index contributed by atoms with van der Waals surface area (Å²) in [6.45, 7) is 6.13. The Hall–Kier alpha value is -2.27. The summed E-state index contributed by atoms with van der Waals surface area (Å²) in [6.07, 6.45) is 1.15. The van der Waals surface area contributed by atoms with Gasteiger partial charge in [0.2, 0.25) is 11.8 Å². The number of nitrogens with one attached hydrogen (secondary N) is 1. The second-order valence-corrected chi connectivity index (χ2v) is 10.0. The first-order valence-corrected chi connectivity index (χ1v) is 12.9. The second kappa shape index (κ2) is 12.4. The molecule has 182 valence electrons. The number of rotatable bonds is 11. The van der Waals surface area contributed by atoms with Gasteiger partial charge in [-0.05, 0) is 51.0 Å². The molecule has 0 radical (unpaired) electrons. The van der Waals surface area contributed by atoms with Gasteiger partial charge in [-0.15, -0.1) is 21.5 Å². The Labute approximate surface area is 215 Å². The van der Waals surface area contributed by atoms with Gasteiger partial charge >= 0.3 is 5.97 Å². The fourth-order valence-electron chi connectivity index (χ4n) is 2.85. The fourth-order valence-corrected chi connectivity index (χ4v) is 4.96. The van der Waals surface area contributed by atoms with E-state index in [0.717, 1.165) is 22.2 Å². The highest BCUT2D eigenvalue weighted by atomic mass is 35.5. The number of carbonyl (C=O) groups excluding carboxylic acids is 2. The summed E-state index contributed by atoms with van der Waals surface area (Å²) in [5.74, 6) is 0.322. The van der Waals surface area contributed by atoms with Crippen molar-refractivity contribution in [2.45, 2.75) is 38.8 Å². The van der Waals surface area contributed by atoms with E-state index in [4.69, 9.17) is 37.1 Å². The third-order valence-electron chi connectivity index (χ3n) is 4.58. The molecular weight excluding hydrogens is 521 g/mol. The number of aryl methyl sites for hydroxylation is 2. The van der Waals surface area contributed by atoms with E-state index in [1.165, 1.54) is 11.3 Å². The molecule has 0 unspecified atom stereocenters. The molecule has 2 heterocycles. The minimum atomic E-state index is -0.448. The summed E-state index contributed by atoms with van der Waals surface area (Å²) < 4.78 is 16.3. The number of thioether (sulfide) groups is 1. The number of hydrogen-bond donors (Lipinski definition) is 1. The van der Waals surface area contributed by atoms with E-state index >= 15 is 0 Å². The van der Waals surface area contributed by atoms with E-state index in [1.54, 1.807) is 25.1 Å². The number of nitrogens with zero attached hydrogens (tertiary/aromatic N) is 2. The van der Waals surface area contributed by atoms with Gasteiger partial charge in [-0.2, -0.15) is 0 Å². The Morgan fingerprint density at radius 2 is 2.03 bits per heavy atom. The Morgan fingerprint density at radius 1 is 1.24 bits per heavy atom. The number of anilines is 1. The molecular formula is C22H23Cl2N3O5S2. The van der Waals surface area contributed by atoms with Gasteiger partial charge in [0.15, 0.2) is 0 Å². The molecule has 0 aliphatic rings. The zero-order chi connectivity index (χ0) is 24.7. The van der Waals surface area contributed by atoms with Crippen LogP contribution in [0, 0.1) is 13.8 Å². The molecule has 0 spiro atoms. The van der Waals surface area contributed by atoms with Crippen molar-refractivity contribution in [2.75, 3.05) is 24.3 Å². The lowest BCUT2D eigenvalue weighted by atomic mass is 10.1. The number of carbonyl (C=O) groups is 2. The first-order valence-electron chi connectivity index (χ1n) is 10.4. The standard InChI is InChI=1S/C22H23Cl2N3O5S2/c1-4-30-21(29)19-12(2)13(3)34-20(19)25-17(28)11-33-22-27-26-18(32-22)6-5-9-31-16-8-7-14(23)10-15(16)24/h7-8,10H,4-6,9,11H2,1-3H3,(H,25,28). The molecule has 0 aliphatic heterocycles. The van der Waals surface area contributed by atoms with E-state index in [2.05, 4.69) is 15.5 Å². The van der Waals surface area contributed by atoms with Gasteiger partial charge in [-0.25, -0.2) is 4.79 Å². The quantitative estimate of drug-likeness (QED) is 0.179. The van der Waals surface area contributed by atoms with Gasteiger partial charge in [0.25, 0.3) is 5.22 Å². The van der Waals surface area contributed by atoms with Gasteiger partial charge in [0, 0.05) is 16.3 Å². The van der Waals surface area contributed by atoms with Crippen LogP contribution in [0.15, 0.2) is 27.8 Å². The maximum Gasteiger partial charge on any atom is 0.341 e. The molecule has 0 aliphatic carbocycles. The van der Waals surface area contributed by atoms with E-state index in [1.807, 2.05) is 13.8 Å². The maximum atomic E-state index is 12.4. The fraction of sp³-hybridized carbons (Fsp3) is 0.364. The summed E-state index contributed by atoms with van der Waals surface area (Å²) in [5.41, 5.74) is 1.19. The van der Waals surface area contributed by atoms with E-state index in [9.17, 15) is 9.59 Å². The molecule has 3 rings (SSSR count). The highest BCUT2D eigenvalue weighted by molar-refractivity contribution is 7.99. The summed E-state index contributed by atoms with van der Waals surface area (Å²) in [5, 5.41) is 12.5. The lowest BCUT2D eigenvalue weighted by Crippen LogP contribution is -2.16. The van der Waals surface area contributed by atoms with Crippen molar-refractivity contribution < 1.29 is 23.5 Å². The Balaban J connectivity index is 1.45. The van der Waals surface area contributed by atoms with Crippen molar-refractivity contribution in [3.8, 4) is 5.75 Å². The highest BCUT2D eigenvalue weighted by Crippen LogP contribution is 2.33. The Morgan fingerprint density at radius 3 is 2.76 bits per heavy atom. The second-order valence-electron chi connectivity index (χ2n) is 7.03. The lowest BCUT2D eigenvalue weighted by Gasteiger charge is -2.07. The van der Waals surface area contributed by atoms with Crippen LogP contribution in [0.4, 0.5) is 5.00 Å². The molecule has 1 aromatic carbocycles. The smallest absolute Gasteiger partial charge is 0.341 e. The monoisotopic (exact) mass is 543 g/mol. The predicted molar refractivity (Wildman–Crippen MR) is 134 cm³/mol. The number of ether oxygens (including phenoxy) is 2.